The van der Waals surface area contributed by atoms with Gasteiger partial charge in [0.1, 0.15) is 5.58 Å². The van der Waals surface area contributed by atoms with Gasteiger partial charge < -0.3 is 9.73 Å². The Morgan fingerprint density at radius 3 is 2.69 bits per heavy atom. The molecule has 0 aliphatic carbocycles. The maximum Gasteiger partial charge on any atom is 0.287 e. The third-order valence-corrected chi connectivity index (χ3v) is 6.05. The number of nitrogens with zero attached hydrogens (tertiary/aromatic N) is 1. The summed E-state index contributed by atoms with van der Waals surface area (Å²) in [6.45, 7) is 2.30. The molecule has 150 valence electrons. The van der Waals surface area contributed by atoms with Crippen LogP contribution in [0.25, 0.3) is 11.0 Å². The van der Waals surface area contributed by atoms with Crippen molar-refractivity contribution in [2.45, 2.75) is 18.9 Å². The summed E-state index contributed by atoms with van der Waals surface area (Å²) < 4.78 is 6.47. The zero-order chi connectivity index (χ0) is 20.4. The monoisotopic (exact) mass is 474 g/mol. The molecular weight excluding hydrogens is 456 g/mol. The van der Waals surface area contributed by atoms with Gasteiger partial charge in [0.15, 0.2) is 11.2 Å². The van der Waals surface area contributed by atoms with Gasteiger partial charge in [-0.3, -0.25) is 14.5 Å². The number of hydrogen-bond donors (Lipinski definition) is 1. The number of carbonyl (C=O) groups excluding carboxylic acids is 1. The average molecular weight is 476 g/mol. The van der Waals surface area contributed by atoms with Crippen molar-refractivity contribution in [2.24, 2.45) is 0 Å². The second-order valence-electron chi connectivity index (χ2n) is 7.11. The minimum atomic E-state index is -0.416. The average Bonchev–Trinajstić information content (AvgIpc) is 3.23. The highest BCUT2D eigenvalue weighted by Crippen LogP contribution is 2.29. The van der Waals surface area contributed by atoms with Gasteiger partial charge in [0.25, 0.3) is 5.91 Å². The van der Waals surface area contributed by atoms with E-state index in [9.17, 15) is 9.59 Å². The lowest BCUT2D eigenvalue weighted by molar-refractivity contribution is 0.0910. The maximum absolute atomic E-state index is 12.8. The van der Waals surface area contributed by atoms with E-state index in [1.165, 1.54) is 6.07 Å². The van der Waals surface area contributed by atoms with E-state index >= 15 is 0 Å². The van der Waals surface area contributed by atoms with E-state index in [-0.39, 0.29) is 17.2 Å². The Kier molecular flexibility index (Phi) is 6.04. The van der Waals surface area contributed by atoms with Gasteiger partial charge in [-0.1, -0.05) is 45.7 Å². The van der Waals surface area contributed by atoms with Crippen molar-refractivity contribution < 1.29 is 9.21 Å². The standard InChI is InChI=1S/C22H20BrClN2O3/c23-14-7-8-16-19(27)12-21(29-20(16)11-14)22(28)25-13-18(26-9-3-4-10-26)15-5-1-2-6-17(15)24/h1-2,5-8,11-12,18H,3-4,9-10,13H2,(H,25,28)/t18-/m0/s1. The summed E-state index contributed by atoms with van der Waals surface area (Å²) in [5.41, 5.74) is 1.12. The van der Waals surface area contributed by atoms with Crippen LogP contribution < -0.4 is 10.7 Å². The van der Waals surface area contributed by atoms with Crippen LogP contribution in [0.2, 0.25) is 5.02 Å². The predicted octanol–water partition coefficient (Wildman–Crippen LogP) is 4.78. The summed E-state index contributed by atoms with van der Waals surface area (Å²) in [6.07, 6.45) is 2.26. The summed E-state index contributed by atoms with van der Waals surface area (Å²) in [7, 11) is 0. The van der Waals surface area contributed by atoms with E-state index in [2.05, 4.69) is 26.1 Å². The Labute approximate surface area is 181 Å². The zero-order valence-electron chi connectivity index (χ0n) is 15.7. The first-order valence-corrected chi connectivity index (χ1v) is 10.7. The molecule has 3 aromatic rings. The first-order chi connectivity index (χ1) is 14.0. The van der Waals surface area contributed by atoms with Crippen LogP contribution in [0.15, 0.2) is 62.2 Å². The molecule has 0 radical (unpaired) electrons. The molecule has 0 spiro atoms. The highest BCUT2D eigenvalue weighted by molar-refractivity contribution is 9.10. The minimum Gasteiger partial charge on any atom is -0.451 e. The Hall–Kier alpha value is -2.15. The number of fused-ring (bicyclic) bond motifs is 1. The van der Waals surface area contributed by atoms with Crippen molar-refractivity contribution in [1.29, 1.82) is 0 Å². The molecule has 2 heterocycles. The van der Waals surface area contributed by atoms with E-state index in [0.717, 1.165) is 36.0 Å². The largest absolute Gasteiger partial charge is 0.451 e. The number of halogens is 2. The van der Waals surface area contributed by atoms with Crippen molar-refractivity contribution >= 4 is 44.4 Å². The van der Waals surface area contributed by atoms with Crippen LogP contribution in [0, 0.1) is 0 Å². The van der Waals surface area contributed by atoms with Crippen LogP contribution in [0.1, 0.15) is 35.0 Å². The van der Waals surface area contributed by atoms with E-state index in [4.69, 9.17) is 16.0 Å². The lowest BCUT2D eigenvalue weighted by Gasteiger charge is -2.28. The van der Waals surface area contributed by atoms with Crippen LogP contribution in [-0.4, -0.2) is 30.4 Å². The molecule has 1 amide bonds. The van der Waals surface area contributed by atoms with Crippen molar-refractivity contribution in [3.63, 3.8) is 0 Å². The molecule has 4 rings (SSSR count). The summed E-state index contributed by atoms with van der Waals surface area (Å²) in [5, 5.41) is 4.05. The van der Waals surface area contributed by atoms with Gasteiger partial charge in [-0.25, -0.2) is 0 Å². The van der Waals surface area contributed by atoms with Crippen LogP contribution in [0.3, 0.4) is 0 Å². The normalized spacial score (nSPS) is 15.5. The Morgan fingerprint density at radius 1 is 1.17 bits per heavy atom. The Morgan fingerprint density at radius 2 is 1.93 bits per heavy atom. The van der Waals surface area contributed by atoms with Gasteiger partial charge in [-0.2, -0.15) is 0 Å². The minimum absolute atomic E-state index is 0.0000643. The van der Waals surface area contributed by atoms with Gasteiger partial charge in [0.05, 0.1) is 11.4 Å². The molecule has 1 saturated heterocycles. The number of amides is 1. The van der Waals surface area contributed by atoms with Crippen molar-refractivity contribution in [2.75, 3.05) is 19.6 Å². The fourth-order valence-corrected chi connectivity index (χ4v) is 4.35. The van der Waals surface area contributed by atoms with Gasteiger partial charge in [0.2, 0.25) is 0 Å². The number of nitrogens with one attached hydrogen (secondary N) is 1. The Balaban J connectivity index is 1.57. The maximum atomic E-state index is 12.8. The molecule has 1 N–H and O–H groups in total. The van der Waals surface area contributed by atoms with Gasteiger partial charge in [-0.05, 0) is 55.8 Å². The fraction of sp³-hybridized carbons (Fsp3) is 0.273. The SMILES string of the molecule is O=C(NC[C@@H](c1ccccc1Cl)N1CCCC1)c1cc(=O)c2ccc(Br)cc2o1. The second kappa shape index (κ2) is 8.69. The lowest BCUT2D eigenvalue weighted by atomic mass is 10.1. The quantitative estimate of drug-likeness (QED) is 0.577. The van der Waals surface area contributed by atoms with Crippen molar-refractivity contribution in [3.8, 4) is 0 Å². The highest BCUT2D eigenvalue weighted by Gasteiger charge is 2.26. The Bertz CT molecular complexity index is 1110. The molecule has 1 aliphatic heterocycles. The first kappa shape index (κ1) is 20.1. The molecule has 1 aliphatic rings. The predicted molar refractivity (Wildman–Crippen MR) is 118 cm³/mol. The lowest BCUT2D eigenvalue weighted by Crippen LogP contribution is -2.37. The summed E-state index contributed by atoms with van der Waals surface area (Å²) in [4.78, 5) is 27.4. The number of hydrogen-bond acceptors (Lipinski definition) is 4. The number of likely N-dealkylation sites (tertiary alicyclic amines) is 1. The topological polar surface area (TPSA) is 62.6 Å². The molecule has 0 bridgehead atoms. The van der Waals surface area contributed by atoms with E-state index in [0.29, 0.717) is 22.5 Å². The smallest absolute Gasteiger partial charge is 0.287 e. The van der Waals surface area contributed by atoms with Crippen molar-refractivity contribution in [1.82, 2.24) is 10.2 Å². The van der Waals surface area contributed by atoms with E-state index in [1.807, 2.05) is 24.3 Å². The zero-order valence-corrected chi connectivity index (χ0v) is 18.0. The number of rotatable bonds is 5. The molecule has 0 saturated carbocycles. The van der Waals surface area contributed by atoms with Crippen LogP contribution in [0.5, 0.6) is 0 Å². The summed E-state index contributed by atoms with van der Waals surface area (Å²) in [6, 6.07) is 14.0. The van der Waals surface area contributed by atoms with Gasteiger partial charge >= 0.3 is 0 Å². The highest BCUT2D eigenvalue weighted by atomic mass is 79.9. The summed E-state index contributed by atoms with van der Waals surface area (Å²) >= 11 is 9.79. The second-order valence-corrected chi connectivity index (χ2v) is 8.43. The van der Waals surface area contributed by atoms with Crippen LogP contribution in [0.4, 0.5) is 0 Å². The third-order valence-electron chi connectivity index (χ3n) is 5.22. The van der Waals surface area contributed by atoms with E-state index < -0.39 is 5.91 Å². The van der Waals surface area contributed by atoms with Gasteiger partial charge in [0, 0.05) is 22.1 Å². The molecule has 2 aromatic carbocycles. The third kappa shape index (κ3) is 4.39. The molecule has 5 nitrogen and oxygen atoms in total. The number of benzene rings is 2. The molecular formula is C22H20BrClN2O3. The fourth-order valence-electron chi connectivity index (χ4n) is 3.75. The molecule has 0 unspecified atom stereocenters. The molecule has 1 aromatic heterocycles. The molecule has 29 heavy (non-hydrogen) atoms. The van der Waals surface area contributed by atoms with Crippen LogP contribution in [-0.2, 0) is 0 Å². The van der Waals surface area contributed by atoms with Crippen molar-refractivity contribution in [3.05, 3.63) is 79.6 Å². The number of carbonyl (C=O) groups is 1. The van der Waals surface area contributed by atoms with Gasteiger partial charge in [-0.15, -0.1) is 0 Å². The van der Waals surface area contributed by atoms with E-state index in [1.54, 1.807) is 18.2 Å². The molecule has 7 heteroatoms. The first-order valence-electron chi connectivity index (χ1n) is 9.53. The van der Waals surface area contributed by atoms with Crippen LogP contribution >= 0.6 is 27.5 Å². The summed E-state index contributed by atoms with van der Waals surface area (Å²) in [5.74, 6) is -0.417. The molecule has 1 fully saturated rings. The molecule has 1 atom stereocenters.